The average Bonchev–Trinajstić information content (AvgIpc) is 2.91. The molecule has 0 saturated carbocycles. The number of nitrogens with two attached hydrogens (primary N) is 1. The number of fused-ring (bicyclic) bond motifs is 1. The van der Waals surface area contributed by atoms with Gasteiger partial charge < -0.3 is 15.0 Å². The second-order valence-electron chi connectivity index (χ2n) is 5.15. The molecule has 22 heavy (non-hydrogen) atoms. The van der Waals surface area contributed by atoms with Gasteiger partial charge in [0.2, 0.25) is 0 Å². The van der Waals surface area contributed by atoms with E-state index >= 15 is 0 Å². The quantitative estimate of drug-likeness (QED) is 0.777. The summed E-state index contributed by atoms with van der Waals surface area (Å²) in [5, 5.41) is 1.14. The number of benzene rings is 2. The van der Waals surface area contributed by atoms with Gasteiger partial charge >= 0.3 is 0 Å². The normalized spacial score (nSPS) is 11.0. The molecule has 0 amide bonds. The number of nitrogens with zero attached hydrogens (tertiary/aromatic N) is 1. The summed E-state index contributed by atoms with van der Waals surface area (Å²) in [7, 11) is 0. The van der Waals surface area contributed by atoms with Crippen molar-refractivity contribution in [3.05, 3.63) is 65.6 Å². The monoisotopic (exact) mass is 298 g/mol. The number of ether oxygens (including phenoxy) is 1. The molecule has 2 N–H and O–H groups in total. The lowest BCUT2D eigenvalue weighted by atomic mass is 10.1. The lowest BCUT2D eigenvalue weighted by Crippen LogP contribution is -2.05. The molecule has 0 atom stereocenters. The minimum atomic E-state index is -0.343. The molecule has 1 aromatic heterocycles. The molecule has 3 nitrogen and oxygen atoms in total. The van der Waals surface area contributed by atoms with E-state index in [1.54, 1.807) is 18.2 Å². The number of hydrogen-bond acceptors (Lipinski definition) is 2. The molecule has 0 aliphatic rings. The fraction of sp³-hybridized carbons (Fsp3) is 0.222. The Balaban J connectivity index is 1.95. The topological polar surface area (TPSA) is 40.2 Å². The molecule has 0 spiro atoms. The molecule has 0 saturated heterocycles. The second kappa shape index (κ2) is 6.20. The largest absolute Gasteiger partial charge is 0.484 e. The fourth-order valence-electron chi connectivity index (χ4n) is 2.79. The zero-order valence-corrected chi connectivity index (χ0v) is 12.6. The second-order valence-corrected chi connectivity index (χ2v) is 5.15. The van der Waals surface area contributed by atoms with E-state index in [1.807, 2.05) is 12.1 Å². The zero-order valence-electron chi connectivity index (χ0n) is 12.6. The summed E-state index contributed by atoms with van der Waals surface area (Å²) in [6.45, 7) is 3.74. The van der Waals surface area contributed by atoms with E-state index < -0.39 is 0 Å². The first-order valence-electron chi connectivity index (χ1n) is 7.42. The summed E-state index contributed by atoms with van der Waals surface area (Å²) >= 11 is 0. The van der Waals surface area contributed by atoms with Crippen molar-refractivity contribution in [2.45, 2.75) is 26.6 Å². The van der Waals surface area contributed by atoms with Gasteiger partial charge in [-0.15, -0.1) is 0 Å². The highest BCUT2D eigenvalue weighted by Gasteiger charge is 2.11. The van der Waals surface area contributed by atoms with Crippen molar-refractivity contribution < 1.29 is 9.13 Å². The fourth-order valence-corrected chi connectivity index (χ4v) is 2.79. The zero-order chi connectivity index (χ0) is 15.5. The Bertz CT molecular complexity index is 795. The molecule has 3 rings (SSSR count). The standard InChI is InChI=1S/C18H19FN2O/c1-2-21-14(12-22-18-9-4-3-7-16(18)19)10-15-13(11-20)6-5-8-17(15)21/h3-10H,2,11-12,20H2,1H3. The molecule has 0 aliphatic carbocycles. The van der Waals surface area contributed by atoms with Gasteiger partial charge in [0.15, 0.2) is 11.6 Å². The van der Waals surface area contributed by atoms with Gasteiger partial charge in [-0.25, -0.2) is 4.39 Å². The SMILES string of the molecule is CCn1c(COc2ccccc2F)cc2c(CN)cccc21. The van der Waals surface area contributed by atoms with Crippen LogP contribution in [-0.2, 0) is 19.7 Å². The first-order valence-corrected chi connectivity index (χ1v) is 7.42. The summed E-state index contributed by atoms with van der Waals surface area (Å²) in [5.74, 6) is -0.0706. The maximum absolute atomic E-state index is 13.6. The lowest BCUT2D eigenvalue weighted by molar-refractivity contribution is 0.281. The predicted molar refractivity (Wildman–Crippen MR) is 86.2 cm³/mol. The van der Waals surface area contributed by atoms with Crippen molar-refractivity contribution in [2.75, 3.05) is 0 Å². The molecule has 3 aromatic rings. The minimum absolute atomic E-state index is 0.273. The molecule has 4 heteroatoms. The first kappa shape index (κ1) is 14.6. The summed E-state index contributed by atoms with van der Waals surface area (Å²) in [4.78, 5) is 0. The van der Waals surface area contributed by atoms with Crippen LogP contribution >= 0.6 is 0 Å². The highest BCUT2D eigenvalue weighted by atomic mass is 19.1. The van der Waals surface area contributed by atoms with Crippen LogP contribution in [-0.4, -0.2) is 4.57 Å². The highest BCUT2D eigenvalue weighted by Crippen LogP contribution is 2.25. The van der Waals surface area contributed by atoms with E-state index in [-0.39, 0.29) is 11.6 Å². The van der Waals surface area contributed by atoms with Crippen LogP contribution in [0.4, 0.5) is 4.39 Å². The van der Waals surface area contributed by atoms with E-state index in [0.717, 1.165) is 28.7 Å². The Morgan fingerprint density at radius 1 is 1.14 bits per heavy atom. The van der Waals surface area contributed by atoms with Gasteiger partial charge in [0.05, 0.1) is 5.69 Å². The van der Waals surface area contributed by atoms with Gasteiger partial charge in [-0.05, 0) is 36.8 Å². The van der Waals surface area contributed by atoms with Gasteiger partial charge in [-0.3, -0.25) is 0 Å². The van der Waals surface area contributed by atoms with Crippen LogP contribution in [0.3, 0.4) is 0 Å². The molecule has 0 aliphatic heterocycles. The van der Waals surface area contributed by atoms with E-state index in [1.165, 1.54) is 6.07 Å². The van der Waals surface area contributed by atoms with Gasteiger partial charge in [-0.1, -0.05) is 24.3 Å². The molecule has 114 valence electrons. The van der Waals surface area contributed by atoms with Crippen LogP contribution < -0.4 is 10.5 Å². The van der Waals surface area contributed by atoms with Crippen LogP contribution in [0.15, 0.2) is 48.5 Å². The average molecular weight is 298 g/mol. The van der Waals surface area contributed by atoms with E-state index in [4.69, 9.17) is 10.5 Å². The Kier molecular flexibility index (Phi) is 4.11. The molecular formula is C18H19FN2O. The summed E-state index contributed by atoms with van der Waals surface area (Å²) in [5.41, 5.74) is 9.07. The number of para-hydroxylation sites is 1. The van der Waals surface area contributed by atoms with Crippen LogP contribution in [0.1, 0.15) is 18.2 Å². The van der Waals surface area contributed by atoms with E-state index in [9.17, 15) is 4.39 Å². The minimum Gasteiger partial charge on any atom is -0.484 e. The summed E-state index contributed by atoms with van der Waals surface area (Å²) < 4.78 is 21.5. The van der Waals surface area contributed by atoms with Crippen LogP contribution in [0.2, 0.25) is 0 Å². The number of rotatable bonds is 5. The molecule has 2 aromatic carbocycles. The molecule has 0 unspecified atom stereocenters. The summed E-state index contributed by atoms with van der Waals surface area (Å²) in [6.07, 6.45) is 0. The Hall–Kier alpha value is -2.33. The highest BCUT2D eigenvalue weighted by molar-refractivity contribution is 5.84. The first-order chi connectivity index (χ1) is 10.7. The van der Waals surface area contributed by atoms with E-state index in [2.05, 4.69) is 23.6 Å². The predicted octanol–water partition coefficient (Wildman–Crippen LogP) is 3.84. The number of halogens is 1. The van der Waals surface area contributed by atoms with E-state index in [0.29, 0.717) is 13.2 Å². The third-order valence-corrected chi connectivity index (χ3v) is 3.87. The van der Waals surface area contributed by atoms with Gasteiger partial charge in [0.25, 0.3) is 0 Å². The van der Waals surface area contributed by atoms with Crippen LogP contribution in [0.5, 0.6) is 5.75 Å². The van der Waals surface area contributed by atoms with Crippen molar-refractivity contribution in [1.29, 1.82) is 0 Å². The van der Waals surface area contributed by atoms with Crippen LogP contribution in [0.25, 0.3) is 10.9 Å². The van der Waals surface area contributed by atoms with Crippen molar-refractivity contribution in [3.8, 4) is 5.75 Å². The van der Waals surface area contributed by atoms with Crippen molar-refractivity contribution in [1.82, 2.24) is 4.57 Å². The number of hydrogen-bond donors (Lipinski definition) is 1. The molecule has 0 bridgehead atoms. The van der Waals surface area contributed by atoms with Crippen molar-refractivity contribution in [3.63, 3.8) is 0 Å². The third-order valence-electron chi connectivity index (χ3n) is 3.87. The Morgan fingerprint density at radius 2 is 1.95 bits per heavy atom. The molecular weight excluding hydrogens is 279 g/mol. The van der Waals surface area contributed by atoms with Gasteiger partial charge in [-0.2, -0.15) is 0 Å². The number of aryl methyl sites for hydroxylation is 1. The summed E-state index contributed by atoms with van der Waals surface area (Å²) in [6, 6.07) is 14.7. The Labute approximate surface area is 129 Å². The maximum atomic E-state index is 13.6. The lowest BCUT2D eigenvalue weighted by Gasteiger charge is -2.10. The number of aromatic nitrogens is 1. The van der Waals surface area contributed by atoms with Crippen LogP contribution in [0, 0.1) is 5.82 Å². The smallest absolute Gasteiger partial charge is 0.165 e. The maximum Gasteiger partial charge on any atom is 0.165 e. The third kappa shape index (κ3) is 2.57. The van der Waals surface area contributed by atoms with Crippen molar-refractivity contribution >= 4 is 10.9 Å². The van der Waals surface area contributed by atoms with Gasteiger partial charge in [0.1, 0.15) is 6.61 Å². The molecule has 0 fully saturated rings. The van der Waals surface area contributed by atoms with Crippen molar-refractivity contribution in [2.24, 2.45) is 5.73 Å². The van der Waals surface area contributed by atoms with Gasteiger partial charge in [0, 0.05) is 24.0 Å². The molecule has 0 radical (unpaired) electrons. The Morgan fingerprint density at radius 3 is 2.68 bits per heavy atom. The molecule has 1 heterocycles.